The Morgan fingerprint density at radius 1 is 1.13 bits per heavy atom. The van der Waals surface area contributed by atoms with Crippen LogP contribution in [-0.4, -0.2) is 23.5 Å². The third-order valence-electron chi connectivity index (χ3n) is 2.50. The Balaban J connectivity index is 1.94. The monoisotopic (exact) mass is 360 g/mol. The van der Waals surface area contributed by atoms with Crippen molar-refractivity contribution in [2.75, 3.05) is 11.9 Å². The first-order valence-electron chi connectivity index (χ1n) is 6.09. The van der Waals surface area contributed by atoms with Crippen molar-refractivity contribution < 1.29 is 23.1 Å². The molecule has 23 heavy (non-hydrogen) atoms. The molecule has 0 fully saturated rings. The SMILES string of the molecule is O=C(COC(=O)c1cc(F)cc(F)c1)Nc1ncc(Cl)cc1Cl. The molecule has 1 aromatic carbocycles. The van der Waals surface area contributed by atoms with Crippen LogP contribution in [0.4, 0.5) is 14.6 Å². The zero-order chi connectivity index (χ0) is 17.0. The van der Waals surface area contributed by atoms with Gasteiger partial charge in [-0.25, -0.2) is 18.6 Å². The molecule has 1 amide bonds. The molecule has 1 aromatic heterocycles. The molecular formula is C14H8Cl2F2N2O3. The van der Waals surface area contributed by atoms with Gasteiger partial charge in [0.25, 0.3) is 5.91 Å². The minimum atomic E-state index is -1.05. The second-order valence-electron chi connectivity index (χ2n) is 4.27. The number of ether oxygens (including phenoxy) is 1. The summed E-state index contributed by atoms with van der Waals surface area (Å²) in [4.78, 5) is 27.1. The highest BCUT2D eigenvalue weighted by atomic mass is 35.5. The summed E-state index contributed by atoms with van der Waals surface area (Å²) < 4.78 is 30.6. The van der Waals surface area contributed by atoms with Crippen LogP contribution in [0.2, 0.25) is 10.0 Å². The van der Waals surface area contributed by atoms with Crippen LogP contribution < -0.4 is 5.32 Å². The van der Waals surface area contributed by atoms with Gasteiger partial charge < -0.3 is 10.1 Å². The van der Waals surface area contributed by atoms with Gasteiger partial charge in [0, 0.05) is 12.3 Å². The van der Waals surface area contributed by atoms with Crippen molar-refractivity contribution >= 4 is 40.9 Å². The third-order valence-corrected chi connectivity index (χ3v) is 2.99. The molecule has 1 N–H and O–H groups in total. The van der Waals surface area contributed by atoms with E-state index in [1.54, 1.807) is 0 Å². The normalized spacial score (nSPS) is 10.3. The number of aromatic nitrogens is 1. The molecular weight excluding hydrogens is 353 g/mol. The fourth-order valence-corrected chi connectivity index (χ4v) is 1.99. The van der Waals surface area contributed by atoms with Gasteiger partial charge in [0.05, 0.1) is 15.6 Å². The number of anilines is 1. The summed E-state index contributed by atoms with van der Waals surface area (Å²) in [5, 5.41) is 2.69. The number of carbonyl (C=O) groups is 2. The number of rotatable bonds is 4. The maximum atomic E-state index is 13.0. The lowest BCUT2D eigenvalue weighted by atomic mass is 10.2. The fraction of sp³-hybridized carbons (Fsp3) is 0.0714. The first-order chi connectivity index (χ1) is 10.8. The number of amides is 1. The van der Waals surface area contributed by atoms with Gasteiger partial charge in [-0.15, -0.1) is 0 Å². The van der Waals surface area contributed by atoms with Crippen molar-refractivity contribution in [3.63, 3.8) is 0 Å². The summed E-state index contributed by atoms with van der Waals surface area (Å²) in [5.74, 6) is -3.60. The van der Waals surface area contributed by atoms with E-state index >= 15 is 0 Å². The van der Waals surface area contributed by atoms with Crippen LogP contribution in [0.3, 0.4) is 0 Å². The van der Waals surface area contributed by atoms with Gasteiger partial charge in [0.15, 0.2) is 12.4 Å². The van der Waals surface area contributed by atoms with Crippen molar-refractivity contribution in [3.8, 4) is 0 Å². The van der Waals surface area contributed by atoms with Gasteiger partial charge in [-0.05, 0) is 18.2 Å². The Morgan fingerprint density at radius 2 is 1.78 bits per heavy atom. The van der Waals surface area contributed by atoms with E-state index < -0.39 is 30.1 Å². The minimum Gasteiger partial charge on any atom is -0.452 e. The Morgan fingerprint density at radius 3 is 2.39 bits per heavy atom. The van der Waals surface area contributed by atoms with E-state index in [-0.39, 0.29) is 21.4 Å². The van der Waals surface area contributed by atoms with Crippen molar-refractivity contribution in [3.05, 3.63) is 57.7 Å². The lowest BCUT2D eigenvalue weighted by molar-refractivity contribution is -0.119. The predicted octanol–water partition coefficient (Wildman–Crippen LogP) is 3.46. The third kappa shape index (κ3) is 4.87. The first kappa shape index (κ1) is 17.1. The van der Waals surface area contributed by atoms with Crippen LogP contribution in [0.5, 0.6) is 0 Å². The van der Waals surface area contributed by atoms with E-state index in [1.165, 1.54) is 12.3 Å². The van der Waals surface area contributed by atoms with Crippen LogP contribution in [-0.2, 0) is 9.53 Å². The summed E-state index contributed by atoms with van der Waals surface area (Å²) in [6.07, 6.45) is 1.27. The molecule has 0 radical (unpaired) electrons. The molecule has 1 heterocycles. The van der Waals surface area contributed by atoms with Crippen molar-refractivity contribution in [2.45, 2.75) is 0 Å². The van der Waals surface area contributed by atoms with Crippen LogP contribution in [0, 0.1) is 11.6 Å². The smallest absolute Gasteiger partial charge is 0.338 e. The largest absolute Gasteiger partial charge is 0.452 e. The number of carbonyl (C=O) groups excluding carboxylic acids is 2. The maximum absolute atomic E-state index is 13.0. The number of benzene rings is 1. The van der Waals surface area contributed by atoms with E-state index in [1.807, 2.05) is 0 Å². The Hall–Kier alpha value is -2.25. The van der Waals surface area contributed by atoms with Gasteiger partial charge in [0.1, 0.15) is 11.6 Å². The molecule has 0 aliphatic carbocycles. The molecule has 2 aromatic rings. The number of hydrogen-bond acceptors (Lipinski definition) is 4. The van der Waals surface area contributed by atoms with Crippen LogP contribution >= 0.6 is 23.2 Å². The second-order valence-corrected chi connectivity index (χ2v) is 5.11. The van der Waals surface area contributed by atoms with Crippen molar-refractivity contribution in [1.82, 2.24) is 4.98 Å². The van der Waals surface area contributed by atoms with E-state index in [0.29, 0.717) is 6.07 Å². The van der Waals surface area contributed by atoms with Gasteiger partial charge in [-0.3, -0.25) is 4.79 Å². The van der Waals surface area contributed by atoms with E-state index in [0.717, 1.165) is 12.1 Å². The summed E-state index contributed by atoms with van der Waals surface area (Å²) in [6.45, 7) is -0.683. The molecule has 0 aliphatic heterocycles. The molecule has 120 valence electrons. The van der Waals surface area contributed by atoms with E-state index in [4.69, 9.17) is 23.2 Å². The molecule has 0 saturated heterocycles. The predicted molar refractivity (Wildman–Crippen MR) is 79.5 cm³/mol. The highest BCUT2D eigenvalue weighted by molar-refractivity contribution is 6.36. The number of esters is 1. The van der Waals surface area contributed by atoms with E-state index in [9.17, 15) is 18.4 Å². The number of pyridine rings is 1. The molecule has 0 bridgehead atoms. The van der Waals surface area contributed by atoms with Crippen molar-refractivity contribution in [1.29, 1.82) is 0 Å². The zero-order valence-electron chi connectivity index (χ0n) is 11.3. The van der Waals surface area contributed by atoms with Crippen LogP contribution in [0.1, 0.15) is 10.4 Å². The molecule has 0 unspecified atom stereocenters. The van der Waals surface area contributed by atoms with Gasteiger partial charge in [-0.1, -0.05) is 23.2 Å². The molecule has 5 nitrogen and oxygen atoms in total. The zero-order valence-corrected chi connectivity index (χ0v) is 12.8. The Bertz CT molecular complexity index is 751. The van der Waals surface area contributed by atoms with Gasteiger partial charge >= 0.3 is 5.97 Å². The summed E-state index contributed by atoms with van der Waals surface area (Å²) in [6, 6.07) is 3.56. The molecule has 0 spiro atoms. The average Bonchev–Trinajstić information content (AvgIpc) is 2.46. The maximum Gasteiger partial charge on any atom is 0.338 e. The van der Waals surface area contributed by atoms with E-state index in [2.05, 4.69) is 15.0 Å². The van der Waals surface area contributed by atoms with Crippen LogP contribution in [0.25, 0.3) is 0 Å². The second kappa shape index (κ2) is 7.34. The van der Waals surface area contributed by atoms with Gasteiger partial charge in [0.2, 0.25) is 0 Å². The number of nitrogens with zero attached hydrogens (tertiary/aromatic N) is 1. The average molecular weight is 361 g/mol. The molecule has 9 heteroatoms. The standard InChI is InChI=1S/C14H8Cl2F2N2O3/c15-8-3-11(16)13(19-5-8)20-12(21)6-23-14(22)7-1-9(17)4-10(18)2-7/h1-5H,6H2,(H,19,20,21). The highest BCUT2D eigenvalue weighted by Gasteiger charge is 2.14. The molecule has 0 aliphatic rings. The lowest BCUT2D eigenvalue weighted by Gasteiger charge is -2.07. The number of halogens is 4. The van der Waals surface area contributed by atoms with Gasteiger partial charge in [-0.2, -0.15) is 0 Å². The summed E-state index contributed by atoms with van der Waals surface area (Å²) in [7, 11) is 0. The quantitative estimate of drug-likeness (QED) is 0.847. The molecule has 0 saturated carbocycles. The lowest BCUT2D eigenvalue weighted by Crippen LogP contribution is -2.21. The highest BCUT2D eigenvalue weighted by Crippen LogP contribution is 2.22. The molecule has 2 rings (SSSR count). The minimum absolute atomic E-state index is 0.0360. The first-order valence-corrected chi connectivity index (χ1v) is 6.85. The Labute approximate surface area is 139 Å². The summed E-state index contributed by atoms with van der Waals surface area (Å²) >= 11 is 11.5. The topological polar surface area (TPSA) is 68.3 Å². The summed E-state index contributed by atoms with van der Waals surface area (Å²) in [5.41, 5.74) is -0.349. The Kier molecular flexibility index (Phi) is 5.46. The van der Waals surface area contributed by atoms with Crippen molar-refractivity contribution in [2.24, 2.45) is 0 Å². The number of nitrogens with one attached hydrogen (secondary N) is 1. The number of hydrogen-bond donors (Lipinski definition) is 1. The fourth-order valence-electron chi connectivity index (χ4n) is 1.56. The van der Waals surface area contributed by atoms with Crippen LogP contribution in [0.15, 0.2) is 30.5 Å². The molecule has 0 atom stereocenters.